The lowest BCUT2D eigenvalue weighted by molar-refractivity contribution is 0.301. The van der Waals surface area contributed by atoms with Crippen LogP contribution >= 0.6 is 0 Å². The van der Waals surface area contributed by atoms with Crippen molar-refractivity contribution in [3.05, 3.63) is 71.1 Å². The molecule has 6 nitrogen and oxygen atoms in total. The Kier molecular flexibility index (Phi) is 4.42. The molecule has 4 aromatic heterocycles. The Hall–Kier alpha value is -3.41. The van der Waals surface area contributed by atoms with E-state index in [0.29, 0.717) is 18.3 Å². The first-order valence-corrected chi connectivity index (χ1v) is 10.3. The Morgan fingerprint density at radius 3 is 2.70 bits per heavy atom. The van der Waals surface area contributed by atoms with Crippen LogP contribution in [0, 0.1) is 20.8 Å². The molecule has 1 fully saturated rings. The fourth-order valence-corrected chi connectivity index (χ4v) is 4.01. The number of imidazole rings is 1. The lowest BCUT2D eigenvalue weighted by atomic mass is 9.98. The van der Waals surface area contributed by atoms with Crippen molar-refractivity contribution in [3.63, 3.8) is 0 Å². The Morgan fingerprint density at radius 1 is 1.10 bits per heavy atom. The first-order valence-electron chi connectivity index (χ1n) is 10.3. The summed E-state index contributed by atoms with van der Waals surface area (Å²) in [7, 11) is 0. The van der Waals surface area contributed by atoms with E-state index in [4.69, 9.17) is 15.5 Å². The number of rotatable bonds is 5. The van der Waals surface area contributed by atoms with Crippen LogP contribution in [0.1, 0.15) is 46.8 Å². The molecule has 6 heteroatoms. The molecule has 4 aromatic rings. The van der Waals surface area contributed by atoms with Gasteiger partial charge in [-0.2, -0.15) is 0 Å². The molecule has 5 rings (SSSR count). The quantitative estimate of drug-likeness (QED) is 0.524. The average molecular weight is 399 g/mol. The number of nitrogens with two attached hydrogens (primary N) is 1. The van der Waals surface area contributed by atoms with Crippen molar-refractivity contribution in [2.45, 2.75) is 46.1 Å². The summed E-state index contributed by atoms with van der Waals surface area (Å²) in [5.74, 6) is 1.92. The Balaban J connectivity index is 1.49. The standard InChI is InChI=1S/C24H25N5O/c1-14-8-9-26-16(3)22(14)20-10-27-24(25)15(2)23(20)30-13-19-12-29-11-18(17-4-5-17)6-7-21(29)28-19/h6-12,17H,4-5,13H2,1-3H3,(H2,25,27). The molecule has 1 aliphatic rings. The van der Waals surface area contributed by atoms with Gasteiger partial charge in [0.05, 0.1) is 5.69 Å². The normalized spacial score (nSPS) is 13.7. The van der Waals surface area contributed by atoms with Gasteiger partial charge in [-0.15, -0.1) is 0 Å². The zero-order chi connectivity index (χ0) is 20.8. The van der Waals surface area contributed by atoms with E-state index >= 15 is 0 Å². The van der Waals surface area contributed by atoms with Crippen LogP contribution in [-0.2, 0) is 6.61 Å². The van der Waals surface area contributed by atoms with E-state index in [1.165, 1.54) is 18.4 Å². The molecule has 0 bridgehead atoms. The zero-order valence-electron chi connectivity index (χ0n) is 17.5. The maximum atomic E-state index is 6.30. The third-order valence-corrected chi connectivity index (χ3v) is 5.86. The number of fused-ring (bicyclic) bond motifs is 1. The van der Waals surface area contributed by atoms with Crippen LogP contribution in [0.25, 0.3) is 16.8 Å². The topological polar surface area (TPSA) is 78.3 Å². The van der Waals surface area contributed by atoms with Crippen LogP contribution < -0.4 is 10.5 Å². The van der Waals surface area contributed by atoms with Gasteiger partial charge in [-0.3, -0.25) is 4.98 Å². The summed E-state index contributed by atoms with van der Waals surface area (Å²) in [6.07, 6.45) is 10.4. The lowest BCUT2D eigenvalue weighted by Crippen LogP contribution is -2.04. The molecular weight excluding hydrogens is 374 g/mol. The fourth-order valence-electron chi connectivity index (χ4n) is 4.01. The monoisotopic (exact) mass is 399 g/mol. The van der Waals surface area contributed by atoms with Gasteiger partial charge in [0, 0.05) is 47.2 Å². The molecule has 0 amide bonds. The minimum atomic E-state index is 0.357. The number of ether oxygens (including phenoxy) is 1. The molecule has 0 unspecified atom stereocenters. The third-order valence-electron chi connectivity index (χ3n) is 5.86. The van der Waals surface area contributed by atoms with Crippen molar-refractivity contribution in [1.29, 1.82) is 0 Å². The van der Waals surface area contributed by atoms with Gasteiger partial charge < -0.3 is 14.9 Å². The molecule has 2 N–H and O–H groups in total. The van der Waals surface area contributed by atoms with Gasteiger partial charge in [0.15, 0.2) is 0 Å². The van der Waals surface area contributed by atoms with E-state index in [1.807, 2.05) is 32.3 Å². The fraction of sp³-hybridized carbons (Fsp3) is 0.292. The van der Waals surface area contributed by atoms with Gasteiger partial charge in [0.2, 0.25) is 0 Å². The van der Waals surface area contributed by atoms with Crippen LogP contribution in [0.5, 0.6) is 5.75 Å². The van der Waals surface area contributed by atoms with Gasteiger partial charge in [-0.25, -0.2) is 9.97 Å². The first kappa shape index (κ1) is 18.6. The minimum absolute atomic E-state index is 0.357. The SMILES string of the molecule is Cc1ccnc(C)c1-c1cnc(N)c(C)c1OCc1cn2cc(C3CC3)ccc2n1. The molecule has 30 heavy (non-hydrogen) atoms. The van der Waals surface area contributed by atoms with Crippen molar-refractivity contribution in [2.75, 3.05) is 5.73 Å². The maximum absolute atomic E-state index is 6.30. The van der Waals surface area contributed by atoms with Crippen LogP contribution in [-0.4, -0.2) is 19.4 Å². The molecule has 4 heterocycles. The predicted molar refractivity (Wildman–Crippen MR) is 118 cm³/mol. The minimum Gasteiger partial charge on any atom is -0.486 e. The van der Waals surface area contributed by atoms with Crippen molar-refractivity contribution in [3.8, 4) is 16.9 Å². The smallest absolute Gasteiger partial charge is 0.137 e. The number of nitrogen functional groups attached to an aromatic ring is 1. The van der Waals surface area contributed by atoms with E-state index in [-0.39, 0.29) is 0 Å². The van der Waals surface area contributed by atoms with Gasteiger partial charge in [-0.1, -0.05) is 6.07 Å². The van der Waals surface area contributed by atoms with E-state index in [1.54, 1.807) is 6.20 Å². The molecule has 0 aliphatic heterocycles. The number of aryl methyl sites for hydroxylation is 2. The summed E-state index contributed by atoms with van der Waals surface area (Å²) in [4.78, 5) is 13.5. The maximum Gasteiger partial charge on any atom is 0.137 e. The summed E-state index contributed by atoms with van der Waals surface area (Å²) in [5, 5.41) is 0. The van der Waals surface area contributed by atoms with E-state index in [9.17, 15) is 0 Å². The molecule has 1 saturated carbocycles. The summed E-state index contributed by atoms with van der Waals surface area (Å²) in [6, 6.07) is 6.27. The second kappa shape index (κ2) is 7.13. The summed E-state index contributed by atoms with van der Waals surface area (Å²) in [5.41, 5.74) is 14.1. The third kappa shape index (κ3) is 3.28. The number of pyridine rings is 3. The van der Waals surface area contributed by atoms with Crippen molar-refractivity contribution >= 4 is 11.5 Å². The Labute approximate surface area is 175 Å². The van der Waals surface area contributed by atoms with E-state index in [2.05, 4.69) is 39.6 Å². The molecule has 0 spiro atoms. The molecular formula is C24H25N5O. The van der Waals surface area contributed by atoms with Gasteiger partial charge in [0.25, 0.3) is 0 Å². The highest BCUT2D eigenvalue weighted by molar-refractivity contribution is 5.77. The average Bonchev–Trinajstić information content (AvgIpc) is 3.49. The summed E-state index contributed by atoms with van der Waals surface area (Å²) in [6.45, 7) is 6.36. The van der Waals surface area contributed by atoms with Crippen molar-refractivity contribution in [1.82, 2.24) is 19.4 Å². The summed E-state index contributed by atoms with van der Waals surface area (Å²) < 4.78 is 8.39. The number of aromatic nitrogens is 4. The van der Waals surface area contributed by atoms with Crippen molar-refractivity contribution < 1.29 is 4.74 Å². The Morgan fingerprint density at radius 2 is 1.93 bits per heavy atom. The first-order chi connectivity index (χ1) is 14.5. The van der Waals surface area contributed by atoms with Crippen LogP contribution in [0.15, 0.2) is 43.0 Å². The number of nitrogens with zero attached hydrogens (tertiary/aromatic N) is 4. The van der Waals surface area contributed by atoms with Crippen molar-refractivity contribution in [2.24, 2.45) is 0 Å². The molecule has 0 aromatic carbocycles. The lowest BCUT2D eigenvalue weighted by Gasteiger charge is -2.17. The van der Waals surface area contributed by atoms with Crippen LogP contribution in [0.2, 0.25) is 0 Å². The van der Waals surface area contributed by atoms with Gasteiger partial charge >= 0.3 is 0 Å². The Bertz CT molecular complexity index is 1240. The number of anilines is 1. The van der Waals surface area contributed by atoms with Crippen LogP contribution in [0.3, 0.4) is 0 Å². The summed E-state index contributed by atoms with van der Waals surface area (Å²) >= 11 is 0. The largest absolute Gasteiger partial charge is 0.486 e. The molecule has 0 atom stereocenters. The molecule has 1 aliphatic carbocycles. The van der Waals surface area contributed by atoms with Crippen LogP contribution in [0.4, 0.5) is 5.82 Å². The number of hydrogen-bond acceptors (Lipinski definition) is 5. The zero-order valence-corrected chi connectivity index (χ0v) is 17.5. The van der Waals surface area contributed by atoms with Gasteiger partial charge in [-0.05, 0) is 62.8 Å². The van der Waals surface area contributed by atoms with Gasteiger partial charge in [0.1, 0.15) is 23.8 Å². The van der Waals surface area contributed by atoms with E-state index < -0.39 is 0 Å². The second-order valence-corrected chi connectivity index (χ2v) is 8.12. The molecule has 152 valence electrons. The predicted octanol–water partition coefficient (Wildman–Crippen LogP) is 4.76. The second-order valence-electron chi connectivity index (χ2n) is 8.12. The van der Waals surface area contributed by atoms with E-state index in [0.717, 1.165) is 45.0 Å². The molecule has 0 radical (unpaired) electrons. The molecule has 0 saturated heterocycles. The highest BCUT2D eigenvalue weighted by Crippen LogP contribution is 2.40. The number of hydrogen-bond donors (Lipinski definition) is 1. The highest BCUT2D eigenvalue weighted by Gasteiger charge is 2.24. The highest BCUT2D eigenvalue weighted by atomic mass is 16.5.